The first-order chi connectivity index (χ1) is 13.5. The van der Waals surface area contributed by atoms with Gasteiger partial charge in [-0.15, -0.1) is 11.3 Å². The van der Waals surface area contributed by atoms with Crippen LogP contribution in [0, 0.1) is 5.82 Å². The van der Waals surface area contributed by atoms with Crippen LogP contribution in [0.25, 0.3) is 10.6 Å². The van der Waals surface area contributed by atoms with Crippen molar-refractivity contribution < 1.29 is 13.9 Å². The van der Waals surface area contributed by atoms with Crippen molar-refractivity contribution >= 4 is 23.0 Å². The lowest BCUT2D eigenvalue weighted by Crippen LogP contribution is -2.21. The van der Waals surface area contributed by atoms with Crippen LogP contribution < -0.4 is 10.2 Å². The van der Waals surface area contributed by atoms with Crippen molar-refractivity contribution in [1.29, 1.82) is 0 Å². The average molecular weight is 397 g/mol. The number of hydrogen-bond acceptors (Lipinski definition) is 5. The Labute approximate surface area is 166 Å². The molecule has 1 amide bonds. The van der Waals surface area contributed by atoms with Gasteiger partial charge in [-0.25, -0.2) is 14.8 Å². The smallest absolute Gasteiger partial charge is 0.246 e. The Morgan fingerprint density at radius 2 is 1.89 bits per heavy atom. The van der Waals surface area contributed by atoms with Gasteiger partial charge < -0.3 is 4.74 Å². The van der Waals surface area contributed by atoms with Gasteiger partial charge in [-0.2, -0.15) is 5.10 Å². The molecule has 144 valence electrons. The Morgan fingerprint density at radius 1 is 1.18 bits per heavy atom. The Kier molecular flexibility index (Phi) is 6.49. The number of nitrogens with one attached hydrogen (secondary N) is 1. The van der Waals surface area contributed by atoms with Crippen LogP contribution in [0.1, 0.15) is 25.1 Å². The van der Waals surface area contributed by atoms with Crippen LogP contribution in [0.15, 0.2) is 59.0 Å². The van der Waals surface area contributed by atoms with Crippen molar-refractivity contribution in [2.45, 2.75) is 20.3 Å². The second-order valence-corrected chi connectivity index (χ2v) is 6.88. The maximum atomic E-state index is 13.0. The standard InChI is InChI=1S/C21H20FN3O2S/c1-3-27-19-10-6-15(7-11-19)14(2)24-25-20(26)12-18-13-28-21(23-18)16-4-8-17(22)9-5-16/h4-11,13H,3,12H2,1-2H3,(H,25,26)/b24-14-. The molecule has 0 radical (unpaired) electrons. The SMILES string of the molecule is CCOc1ccc(/C(C)=N\NC(=O)Cc2csc(-c3ccc(F)cc3)n2)cc1. The molecule has 0 fully saturated rings. The number of hydrogen-bond donors (Lipinski definition) is 1. The molecule has 7 heteroatoms. The van der Waals surface area contributed by atoms with Gasteiger partial charge in [0.1, 0.15) is 16.6 Å². The Morgan fingerprint density at radius 3 is 2.57 bits per heavy atom. The van der Waals surface area contributed by atoms with Gasteiger partial charge in [0.2, 0.25) is 5.91 Å². The maximum Gasteiger partial charge on any atom is 0.246 e. The van der Waals surface area contributed by atoms with Gasteiger partial charge in [-0.05, 0) is 67.9 Å². The molecule has 0 aliphatic carbocycles. The van der Waals surface area contributed by atoms with Crippen LogP contribution in [0.5, 0.6) is 5.75 Å². The number of carbonyl (C=O) groups is 1. The van der Waals surface area contributed by atoms with Crippen LogP contribution in [0.2, 0.25) is 0 Å². The van der Waals surface area contributed by atoms with Crippen molar-refractivity contribution in [3.63, 3.8) is 0 Å². The van der Waals surface area contributed by atoms with Crippen molar-refractivity contribution in [3.8, 4) is 16.3 Å². The molecule has 3 aromatic rings. The predicted molar refractivity (Wildman–Crippen MR) is 109 cm³/mol. The second-order valence-electron chi connectivity index (χ2n) is 6.02. The number of carbonyl (C=O) groups excluding carboxylic acids is 1. The first kappa shape index (κ1) is 19.7. The lowest BCUT2D eigenvalue weighted by atomic mass is 10.1. The molecule has 3 rings (SSSR count). The van der Waals surface area contributed by atoms with E-state index in [1.54, 1.807) is 12.1 Å². The Hall–Kier alpha value is -3.06. The Bertz CT molecular complexity index is 966. The van der Waals surface area contributed by atoms with Gasteiger partial charge in [0.15, 0.2) is 0 Å². The zero-order valence-electron chi connectivity index (χ0n) is 15.6. The summed E-state index contributed by atoms with van der Waals surface area (Å²) >= 11 is 1.42. The van der Waals surface area contributed by atoms with Crippen molar-refractivity contribution in [2.75, 3.05) is 6.61 Å². The van der Waals surface area contributed by atoms with Gasteiger partial charge >= 0.3 is 0 Å². The highest BCUT2D eigenvalue weighted by molar-refractivity contribution is 7.13. The van der Waals surface area contributed by atoms with Crippen molar-refractivity contribution in [1.82, 2.24) is 10.4 Å². The lowest BCUT2D eigenvalue weighted by Gasteiger charge is -2.05. The van der Waals surface area contributed by atoms with E-state index in [2.05, 4.69) is 15.5 Å². The van der Waals surface area contributed by atoms with Crippen LogP contribution in [0.4, 0.5) is 4.39 Å². The summed E-state index contributed by atoms with van der Waals surface area (Å²) in [6.45, 7) is 4.37. The minimum Gasteiger partial charge on any atom is -0.494 e. The van der Waals surface area contributed by atoms with Crippen LogP contribution in [0.3, 0.4) is 0 Å². The Balaban J connectivity index is 1.58. The zero-order valence-corrected chi connectivity index (χ0v) is 16.4. The highest BCUT2D eigenvalue weighted by Crippen LogP contribution is 2.24. The fourth-order valence-corrected chi connectivity index (χ4v) is 3.31. The summed E-state index contributed by atoms with van der Waals surface area (Å²) in [5, 5.41) is 6.72. The maximum absolute atomic E-state index is 13.0. The van der Waals surface area contributed by atoms with Crippen LogP contribution in [-0.4, -0.2) is 23.2 Å². The van der Waals surface area contributed by atoms with Crippen molar-refractivity contribution in [3.05, 3.63) is 71.0 Å². The van der Waals surface area contributed by atoms with E-state index < -0.39 is 0 Å². The van der Waals surface area contributed by atoms with Gasteiger partial charge in [-0.1, -0.05) is 0 Å². The zero-order chi connectivity index (χ0) is 19.9. The summed E-state index contributed by atoms with van der Waals surface area (Å²) in [4.78, 5) is 16.6. The number of hydrazone groups is 1. The summed E-state index contributed by atoms with van der Waals surface area (Å²) in [6.07, 6.45) is 0.123. The van der Waals surface area contributed by atoms with E-state index >= 15 is 0 Å². The third kappa shape index (κ3) is 5.23. The minimum absolute atomic E-state index is 0.123. The van der Waals surface area contributed by atoms with Crippen LogP contribution >= 0.6 is 11.3 Å². The molecule has 1 N–H and O–H groups in total. The number of ether oxygens (including phenoxy) is 1. The number of amides is 1. The molecular formula is C21H20FN3O2S. The fourth-order valence-electron chi connectivity index (χ4n) is 2.49. The summed E-state index contributed by atoms with van der Waals surface area (Å²) in [5.41, 5.74) is 5.62. The van der Waals surface area contributed by atoms with E-state index in [9.17, 15) is 9.18 Å². The molecule has 0 bridgehead atoms. The number of thiazole rings is 1. The van der Waals surface area contributed by atoms with E-state index in [1.165, 1.54) is 23.5 Å². The molecule has 0 aliphatic heterocycles. The van der Waals surface area contributed by atoms with E-state index in [4.69, 9.17) is 4.74 Å². The quantitative estimate of drug-likeness (QED) is 0.474. The largest absolute Gasteiger partial charge is 0.494 e. The molecule has 0 unspecified atom stereocenters. The molecule has 0 saturated heterocycles. The predicted octanol–water partition coefficient (Wildman–Crippen LogP) is 4.43. The molecule has 2 aromatic carbocycles. The summed E-state index contributed by atoms with van der Waals surface area (Å²) in [5.74, 6) is 0.255. The minimum atomic E-state index is -0.291. The highest BCUT2D eigenvalue weighted by Gasteiger charge is 2.09. The fraction of sp³-hybridized carbons (Fsp3) is 0.190. The van der Waals surface area contributed by atoms with E-state index in [1.807, 2.05) is 43.5 Å². The lowest BCUT2D eigenvalue weighted by molar-refractivity contribution is -0.120. The molecule has 1 heterocycles. The monoisotopic (exact) mass is 397 g/mol. The van der Waals surface area contributed by atoms with E-state index in [-0.39, 0.29) is 18.1 Å². The second kappa shape index (κ2) is 9.23. The first-order valence-corrected chi connectivity index (χ1v) is 9.70. The third-order valence-corrected chi connectivity index (χ3v) is 4.86. The molecule has 28 heavy (non-hydrogen) atoms. The summed E-state index contributed by atoms with van der Waals surface area (Å²) in [6, 6.07) is 13.6. The molecule has 1 aromatic heterocycles. The normalized spacial score (nSPS) is 11.3. The van der Waals surface area contributed by atoms with E-state index in [0.29, 0.717) is 18.0 Å². The molecule has 0 atom stereocenters. The van der Waals surface area contributed by atoms with Crippen molar-refractivity contribution in [2.24, 2.45) is 5.10 Å². The molecule has 5 nitrogen and oxygen atoms in total. The van der Waals surface area contributed by atoms with Crippen LogP contribution in [-0.2, 0) is 11.2 Å². The number of nitrogens with zero attached hydrogens (tertiary/aromatic N) is 2. The molecule has 0 aliphatic rings. The van der Waals surface area contributed by atoms with Gasteiger partial charge in [0.05, 0.1) is 24.4 Å². The molecular weight excluding hydrogens is 377 g/mol. The number of halogens is 1. The first-order valence-electron chi connectivity index (χ1n) is 8.82. The van der Waals surface area contributed by atoms with Gasteiger partial charge in [0.25, 0.3) is 0 Å². The number of aromatic nitrogens is 1. The van der Waals surface area contributed by atoms with Gasteiger partial charge in [0, 0.05) is 10.9 Å². The molecule has 0 saturated carbocycles. The molecule has 0 spiro atoms. The third-order valence-electron chi connectivity index (χ3n) is 3.92. The highest BCUT2D eigenvalue weighted by atomic mass is 32.1. The van der Waals surface area contributed by atoms with E-state index in [0.717, 1.165) is 21.9 Å². The number of benzene rings is 2. The summed E-state index contributed by atoms with van der Waals surface area (Å²) < 4.78 is 18.4. The number of rotatable bonds is 7. The summed E-state index contributed by atoms with van der Waals surface area (Å²) in [7, 11) is 0. The average Bonchev–Trinajstić information content (AvgIpc) is 3.16. The topological polar surface area (TPSA) is 63.6 Å². The van der Waals surface area contributed by atoms with Gasteiger partial charge in [-0.3, -0.25) is 4.79 Å².